The summed E-state index contributed by atoms with van der Waals surface area (Å²) in [6.45, 7) is 8.07. The Balaban J connectivity index is 1.41. The van der Waals surface area contributed by atoms with Gasteiger partial charge in [0.25, 0.3) is 0 Å². The Labute approximate surface area is 226 Å². The number of likely N-dealkylation sites (tertiary alicyclic amines) is 1. The first-order valence-corrected chi connectivity index (χ1v) is 15.7. The van der Waals surface area contributed by atoms with E-state index < -0.39 is 39.5 Å². The third kappa shape index (κ3) is 6.56. The van der Waals surface area contributed by atoms with Gasteiger partial charge in [0.2, 0.25) is 21.8 Å². The number of amides is 2. The fraction of sp³-hybridized carbons (Fsp3) is 0.846. The molecule has 0 spiro atoms. The molecular weight excluding hydrogens is 508 g/mol. The highest BCUT2D eigenvalue weighted by Gasteiger charge is 2.45. The number of aliphatic hydroxyl groups is 1. The third-order valence-corrected chi connectivity index (χ3v) is 10.0. The van der Waals surface area contributed by atoms with Crippen molar-refractivity contribution in [3.63, 3.8) is 0 Å². The van der Waals surface area contributed by atoms with Crippen molar-refractivity contribution in [2.75, 3.05) is 25.4 Å². The van der Waals surface area contributed by atoms with E-state index in [1.165, 1.54) is 4.90 Å². The summed E-state index contributed by atoms with van der Waals surface area (Å²) in [6.07, 6.45) is 8.19. The zero-order valence-electron chi connectivity index (χ0n) is 23.2. The van der Waals surface area contributed by atoms with Crippen LogP contribution in [0, 0.1) is 5.41 Å². The summed E-state index contributed by atoms with van der Waals surface area (Å²) in [4.78, 5) is 28.4. The Morgan fingerprint density at radius 2 is 1.87 bits per heavy atom. The van der Waals surface area contributed by atoms with Gasteiger partial charge in [0.15, 0.2) is 0 Å². The summed E-state index contributed by atoms with van der Waals surface area (Å²) < 4.78 is 29.3. The number of hydrogen-bond donors (Lipinski definition) is 2. The van der Waals surface area contributed by atoms with E-state index in [4.69, 9.17) is 0 Å². The summed E-state index contributed by atoms with van der Waals surface area (Å²) in [5.41, 5.74) is 0.357. The molecule has 0 radical (unpaired) electrons. The molecule has 2 N–H and O–H groups in total. The maximum absolute atomic E-state index is 13.8. The number of rotatable bonds is 10. The molecule has 11 nitrogen and oxygen atoms in total. The van der Waals surface area contributed by atoms with Gasteiger partial charge in [0.1, 0.15) is 12.1 Å². The molecule has 12 heteroatoms. The molecular formula is C26H44N6O5S. The minimum Gasteiger partial charge on any atom is -0.391 e. The van der Waals surface area contributed by atoms with Gasteiger partial charge in [0, 0.05) is 44.2 Å². The van der Waals surface area contributed by atoms with E-state index in [2.05, 4.69) is 15.6 Å². The Morgan fingerprint density at radius 3 is 2.47 bits per heavy atom. The van der Waals surface area contributed by atoms with Crippen LogP contribution in [0.25, 0.3) is 0 Å². The summed E-state index contributed by atoms with van der Waals surface area (Å²) in [5, 5.41) is 21.6. The fourth-order valence-electron chi connectivity index (χ4n) is 5.92. The van der Waals surface area contributed by atoms with Crippen LogP contribution < -0.4 is 5.32 Å². The number of sulfonamides is 1. The molecule has 1 aromatic heterocycles. The molecule has 0 aromatic carbocycles. The average molecular weight is 553 g/mol. The number of nitrogens with zero attached hydrogens (tertiary/aromatic N) is 5. The zero-order valence-corrected chi connectivity index (χ0v) is 24.0. The van der Waals surface area contributed by atoms with Gasteiger partial charge in [0.05, 0.1) is 17.6 Å². The van der Waals surface area contributed by atoms with Crippen molar-refractivity contribution in [3.05, 3.63) is 11.9 Å². The summed E-state index contributed by atoms with van der Waals surface area (Å²) in [7, 11) is -3.53. The lowest BCUT2D eigenvalue weighted by atomic mass is 9.85. The SMILES string of the molecule is CCN(C1CCCCC1)S(=O)(=O)CCNC(=O)[C@@H]1C[C@@H](O)CN1C(=O)[C@@H](n1cc(C2CC2)nn1)C(C)(C)C. The Morgan fingerprint density at radius 1 is 1.18 bits per heavy atom. The van der Waals surface area contributed by atoms with Gasteiger partial charge in [-0.05, 0) is 31.1 Å². The van der Waals surface area contributed by atoms with Crippen molar-refractivity contribution >= 4 is 21.8 Å². The predicted molar refractivity (Wildman–Crippen MR) is 143 cm³/mol. The van der Waals surface area contributed by atoms with Gasteiger partial charge in [-0.3, -0.25) is 9.59 Å². The first kappa shape index (κ1) is 28.9. The highest BCUT2D eigenvalue weighted by atomic mass is 32.2. The minimum absolute atomic E-state index is 0.0269. The molecule has 1 saturated heterocycles. The molecule has 3 atom stereocenters. The monoisotopic (exact) mass is 552 g/mol. The molecule has 2 aliphatic carbocycles. The lowest BCUT2D eigenvalue weighted by Gasteiger charge is -2.34. The lowest BCUT2D eigenvalue weighted by molar-refractivity contribution is -0.144. The molecule has 214 valence electrons. The van der Waals surface area contributed by atoms with E-state index in [0.29, 0.717) is 12.5 Å². The lowest BCUT2D eigenvalue weighted by Crippen LogP contribution is -2.51. The van der Waals surface area contributed by atoms with Gasteiger partial charge in [-0.15, -0.1) is 5.10 Å². The van der Waals surface area contributed by atoms with Gasteiger partial charge in [-0.25, -0.2) is 13.1 Å². The molecule has 3 fully saturated rings. The van der Waals surface area contributed by atoms with Gasteiger partial charge in [-0.1, -0.05) is 52.2 Å². The van der Waals surface area contributed by atoms with Crippen LogP contribution in [-0.2, 0) is 19.6 Å². The van der Waals surface area contributed by atoms with Gasteiger partial charge in [-0.2, -0.15) is 4.31 Å². The predicted octanol–water partition coefficient (Wildman–Crippen LogP) is 1.81. The highest BCUT2D eigenvalue weighted by molar-refractivity contribution is 7.89. The van der Waals surface area contributed by atoms with Crippen LogP contribution in [0.1, 0.15) is 96.7 Å². The van der Waals surface area contributed by atoms with Gasteiger partial charge < -0.3 is 15.3 Å². The molecule has 38 heavy (non-hydrogen) atoms. The number of carbonyl (C=O) groups excluding carboxylic acids is 2. The van der Waals surface area contributed by atoms with Gasteiger partial charge >= 0.3 is 0 Å². The second-order valence-electron chi connectivity index (χ2n) is 12.2. The maximum Gasteiger partial charge on any atom is 0.248 e. The van der Waals surface area contributed by atoms with E-state index in [0.717, 1.165) is 50.6 Å². The van der Waals surface area contributed by atoms with E-state index in [-0.39, 0.29) is 37.2 Å². The number of hydrogen-bond acceptors (Lipinski definition) is 7. The summed E-state index contributed by atoms with van der Waals surface area (Å²) >= 11 is 0. The molecule has 0 bridgehead atoms. The number of carbonyl (C=O) groups is 2. The third-order valence-electron chi connectivity index (χ3n) is 8.02. The smallest absolute Gasteiger partial charge is 0.248 e. The first-order chi connectivity index (χ1) is 17.9. The molecule has 2 heterocycles. The van der Waals surface area contributed by atoms with Crippen molar-refractivity contribution in [1.29, 1.82) is 0 Å². The molecule has 3 aliphatic rings. The molecule has 0 unspecified atom stereocenters. The van der Waals surface area contributed by atoms with Crippen LogP contribution in [-0.4, -0.2) is 93.1 Å². The van der Waals surface area contributed by atoms with Crippen molar-refractivity contribution in [2.24, 2.45) is 5.41 Å². The Hall–Kier alpha value is -2.05. The molecule has 4 rings (SSSR count). The van der Waals surface area contributed by atoms with Crippen molar-refractivity contribution in [2.45, 2.75) is 109 Å². The summed E-state index contributed by atoms with van der Waals surface area (Å²) in [6, 6.07) is -1.55. The van der Waals surface area contributed by atoms with E-state index in [9.17, 15) is 23.1 Å². The van der Waals surface area contributed by atoms with Crippen LogP contribution in [0.4, 0.5) is 0 Å². The molecule has 2 saturated carbocycles. The second kappa shape index (κ2) is 11.6. The highest BCUT2D eigenvalue weighted by Crippen LogP contribution is 2.40. The van der Waals surface area contributed by atoms with Crippen LogP contribution in [0.3, 0.4) is 0 Å². The summed E-state index contributed by atoms with van der Waals surface area (Å²) in [5.74, 6) is -0.552. The first-order valence-electron chi connectivity index (χ1n) is 14.1. The zero-order chi connectivity index (χ0) is 27.7. The van der Waals surface area contributed by atoms with Crippen molar-refractivity contribution in [1.82, 2.24) is 29.5 Å². The normalized spacial score (nSPS) is 24.1. The maximum atomic E-state index is 13.8. The number of aliphatic hydroxyl groups excluding tert-OH is 1. The molecule has 2 amide bonds. The van der Waals surface area contributed by atoms with Crippen LogP contribution >= 0.6 is 0 Å². The molecule has 1 aromatic rings. The van der Waals surface area contributed by atoms with E-state index in [1.807, 2.05) is 33.9 Å². The standard InChI is InChI=1S/C26H44N6O5S/c1-5-32(19-9-7-6-8-10-19)38(36,37)14-13-27-24(34)22-15-20(33)16-30(22)25(35)23(26(2,3)4)31-17-21(28-29-31)18-11-12-18/h17-20,22-23,33H,5-16H2,1-4H3,(H,27,34)/t20-,22+,23-/m1/s1. The fourth-order valence-corrected chi connectivity index (χ4v) is 7.57. The van der Waals surface area contributed by atoms with Crippen molar-refractivity contribution < 1.29 is 23.1 Å². The van der Waals surface area contributed by atoms with Crippen LogP contribution in [0.5, 0.6) is 0 Å². The van der Waals surface area contributed by atoms with Crippen molar-refractivity contribution in [3.8, 4) is 0 Å². The van der Waals surface area contributed by atoms with E-state index in [1.54, 1.807) is 8.99 Å². The molecule has 1 aliphatic heterocycles. The Bertz CT molecular complexity index is 1090. The Kier molecular flexibility index (Phi) is 8.83. The number of aromatic nitrogens is 3. The quantitative estimate of drug-likeness (QED) is 0.451. The number of β-amino-alcohol motifs (C(OH)–C–C–N with tert-alkyl or cyclic N) is 1. The number of nitrogens with one attached hydrogen (secondary N) is 1. The average Bonchev–Trinajstić information content (AvgIpc) is 3.45. The largest absolute Gasteiger partial charge is 0.391 e. The minimum atomic E-state index is -3.53. The second-order valence-corrected chi connectivity index (χ2v) is 14.2. The topological polar surface area (TPSA) is 138 Å². The van der Waals surface area contributed by atoms with Crippen LogP contribution in [0.15, 0.2) is 6.20 Å². The van der Waals surface area contributed by atoms with E-state index >= 15 is 0 Å². The van der Waals surface area contributed by atoms with Crippen LogP contribution in [0.2, 0.25) is 0 Å².